The molecule has 1 aliphatic rings. The van der Waals surface area contributed by atoms with Crippen LogP contribution in [0.25, 0.3) is 0 Å². The van der Waals surface area contributed by atoms with E-state index in [0.717, 1.165) is 24.9 Å². The highest BCUT2D eigenvalue weighted by Gasteiger charge is 2.37. The van der Waals surface area contributed by atoms with E-state index in [-0.39, 0.29) is 12.4 Å². The number of aryl methyl sites for hydroxylation is 1. The van der Waals surface area contributed by atoms with Gasteiger partial charge in [-0.15, -0.1) is 0 Å². The molecule has 0 N–H and O–H groups in total. The molecule has 5 nitrogen and oxygen atoms in total. The summed E-state index contributed by atoms with van der Waals surface area (Å²) in [7, 11) is 2.56. The molecule has 1 fully saturated rings. The Bertz CT molecular complexity index is 455. The van der Waals surface area contributed by atoms with E-state index >= 15 is 0 Å². The molecule has 0 amide bonds. The monoisotopic (exact) mass is 374 g/mol. The minimum atomic E-state index is -2.44. The van der Waals surface area contributed by atoms with E-state index in [0.29, 0.717) is 0 Å². The van der Waals surface area contributed by atoms with Gasteiger partial charge in [-0.25, -0.2) is 4.57 Å². The minimum absolute atomic E-state index is 0. The average molecular weight is 375 g/mol. The molecule has 1 aromatic rings. The topological polar surface area (TPSA) is 34.8 Å². The van der Waals surface area contributed by atoms with Crippen LogP contribution in [-0.4, -0.2) is 43.2 Å². The second-order valence-electron chi connectivity index (χ2n) is 6.36. The van der Waals surface area contributed by atoms with Gasteiger partial charge in [-0.05, 0) is 18.8 Å². The van der Waals surface area contributed by atoms with Crippen LogP contribution in [0.15, 0.2) is 24.5 Å². The van der Waals surface area contributed by atoms with E-state index < -0.39 is 8.80 Å². The van der Waals surface area contributed by atoms with Gasteiger partial charge in [-0.2, -0.15) is 0 Å². The highest BCUT2D eigenvalue weighted by atomic mass is 35.5. The maximum atomic E-state index is 5.46. The van der Waals surface area contributed by atoms with Crippen molar-refractivity contribution >= 4 is 14.5 Å². The summed E-state index contributed by atoms with van der Waals surface area (Å²) < 4.78 is 18.6. The second-order valence-corrected chi connectivity index (χ2v) is 9.45. The number of hydrogen-bond acceptors (Lipinski definition) is 4. The summed E-state index contributed by atoms with van der Waals surface area (Å²) in [6.45, 7) is 5.64. The van der Waals surface area contributed by atoms with Crippen molar-refractivity contribution in [2.24, 2.45) is 5.92 Å². The number of rotatable bonds is 8. The van der Waals surface area contributed by atoms with Gasteiger partial charge in [0.1, 0.15) is 6.54 Å². The first kappa shape index (κ1) is 21.4. The van der Waals surface area contributed by atoms with Crippen molar-refractivity contribution in [2.45, 2.75) is 38.8 Å². The van der Waals surface area contributed by atoms with Gasteiger partial charge in [0.15, 0.2) is 12.4 Å². The Hall–Kier alpha value is -0.663. The number of pyridine rings is 1. The van der Waals surface area contributed by atoms with Gasteiger partial charge < -0.3 is 30.6 Å². The Morgan fingerprint density at radius 1 is 1.08 bits per heavy atom. The minimum Gasteiger partial charge on any atom is -1.00 e. The lowest BCUT2D eigenvalue weighted by atomic mass is 9.99. The summed E-state index contributed by atoms with van der Waals surface area (Å²) in [5.41, 5.74) is 1.34. The Morgan fingerprint density at radius 2 is 1.62 bits per heavy atom. The summed E-state index contributed by atoms with van der Waals surface area (Å²) in [5.74, 6) is 0.867. The first-order valence-corrected chi connectivity index (χ1v) is 10.4. The standard InChI is InChI=1S/C17H31N2O3Si.ClH/c1-16-6-13-19(14-7-16)17-8-11-18(12-9-17)10-5-15-23(20-2,21-3)22-4;/h8-9,11-12,16H,5-7,10,13-15H2,1-4H3;1H/q+1;/p-1. The lowest BCUT2D eigenvalue weighted by molar-refractivity contribution is -0.696. The Balaban J connectivity index is 0.00000288. The van der Waals surface area contributed by atoms with Gasteiger partial charge in [0.2, 0.25) is 0 Å². The van der Waals surface area contributed by atoms with E-state index in [1.807, 2.05) is 0 Å². The molecule has 0 bridgehead atoms. The molecule has 2 heterocycles. The zero-order valence-corrected chi connectivity index (χ0v) is 17.1. The van der Waals surface area contributed by atoms with Crippen molar-refractivity contribution in [3.63, 3.8) is 0 Å². The van der Waals surface area contributed by atoms with E-state index in [4.69, 9.17) is 13.3 Å². The predicted molar refractivity (Wildman–Crippen MR) is 93.5 cm³/mol. The molecular formula is C17H31ClN2O3Si. The average Bonchev–Trinajstić information content (AvgIpc) is 2.61. The summed E-state index contributed by atoms with van der Waals surface area (Å²) in [4.78, 5) is 2.49. The molecule has 0 atom stereocenters. The van der Waals surface area contributed by atoms with Gasteiger partial charge in [-0.3, -0.25) is 0 Å². The molecular weight excluding hydrogens is 344 g/mol. The van der Waals surface area contributed by atoms with Crippen LogP contribution in [0.2, 0.25) is 6.04 Å². The van der Waals surface area contributed by atoms with Gasteiger partial charge in [-0.1, -0.05) is 6.92 Å². The molecule has 0 radical (unpaired) electrons. The fraction of sp³-hybridized carbons (Fsp3) is 0.706. The number of hydrogen-bond donors (Lipinski definition) is 0. The van der Waals surface area contributed by atoms with Crippen molar-refractivity contribution in [3.05, 3.63) is 24.5 Å². The van der Waals surface area contributed by atoms with Crippen molar-refractivity contribution < 1.29 is 30.3 Å². The zero-order valence-electron chi connectivity index (χ0n) is 15.3. The van der Waals surface area contributed by atoms with Gasteiger partial charge >= 0.3 is 8.80 Å². The van der Waals surface area contributed by atoms with Crippen LogP contribution in [0.3, 0.4) is 0 Å². The van der Waals surface area contributed by atoms with Crippen LogP contribution in [0, 0.1) is 5.92 Å². The molecule has 7 heteroatoms. The molecule has 0 unspecified atom stereocenters. The maximum absolute atomic E-state index is 5.46. The number of nitrogens with zero attached hydrogens (tertiary/aromatic N) is 2. The number of anilines is 1. The van der Waals surface area contributed by atoms with Crippen LogP contribution in [0.4, 0.5) is 5.69 Å². The van der Waals surface area contributed by atoms with Crippen LogP contribution in [-0.2, 0) is 19.8 Å². The summed E-state index contributed by atoms with van der Waals surface area (Å²) in [6, 6.07) is 5.28. The molecule has 1 aromatic heterocycles. The molecule has 0 aromatic carbocycles. The lowest BCUT2D eigenvalue weighted by Crippen LogP contribution is -3.00. The summed E-state index contributed by atoms with van der Waals surface area (Å²) >= 11 is 0. The molecule has 0 aliphatic carbocycles. The van der Waals surface area contributed by atoms with Crippen molar-refractivity contribution in [3.8, 4) is 0 Å². The van der Waals surface area contributed by atoms with E-state index in [1.54, 1.807) is 21.3 Å². The number of aromatic nitrogens is 1. The van der Waals surface area contributed by atoms with Gasteiger partial charge in [0, 0.05) is 64.7 Å². The third-order valence-corrected chi connectivity index (χ3v) is 7.69. The van der Waals surface area contributed by atoms with Crippen LogP contribution in [0.1, 0.15) is 26.2 Å². The van der Waals surface area contributed by atoms with Crippen molar-refractivity contribution in [2.75, 3.05) is 39.3 Å². The lowest BCUT2D eigenvalue weighted by Gasteiger charge is -2.31. The molecule has 1 aliphatic heterocycles. The second kappa shape index (κ2) is 10.4. The number of piperidine rings is 1. The fourth-order valence-electron chi connectivity index (χ4n) is 3.11. The van der Waals surface area contributed by atoms with Crippen molar-refractivity contribution in [1.82, 2.24) is 0 Å². The molecule has 138 valence electrons. The normalized spacial score (nSPS) is 16.1. The third-order valence-electron chi connectivity index (χ3n) is 4.85. The maximum Gasteiger partial charge on any atom is 0.500 e. The van der Waals surface area contributed by atoms with Crippen LogP contribution in [0.5, 0.6) is 0 Å². The van der Waals surface area contributed by atoms with Crippen LogP contribution < -0.4 is 21.9 Å². The number of halogens is 1. The fourth-order valence-corrected chi connectivity index (χ4v) is 4.81. The first-order chi connectivity index (χ1) is 11.1. The first-order valence-electron chi connectivity index (χ1n) is 8.52. The Labute approximate surface area is 153 Å². The highest BCUT2D eigenvalue weighted by Crippen LogP contribution is 2.21. The van der Waals surface area contributed by atoms with Crippen LogP contribution >= 0.6 is 0 Å². The SMILES string of the molecule is CO[Si](CCC[n+]1ccc(N2CCC(C)CC2)cc1)(OC)OC.[Cl-]. The van der Waals surface area contributed by atoms with Gasteiger partial charge in [0.05, 0.1) is 0 Å². The molecule has 0 spiro atoms. The Kier molecular flexibility index (Phi) is 9.22. The third kappa shape index (κ3) is 5.70. The molecule has 0 saturated carbocycles. The summed E-state index contributed by atoms with van der Waals surface area (Å²) in [6.07, 6.45) is 7.92. The van der Waals surface area contributed by atoms with Crippen molar-refractivity contribution in [1.29, 1.82) is 0 Å². The predicted octanol–water partition coefficient (Wildman–Crippen LogP) is -0.517. The molecule has 24 heavy (non-hydrogen) atoms. The summed E-state index contributed by atoms with van der Waals surface area (Å²) in [5, 5.41) is 0. The van der Waals surface area contributed by atoms with E-state index in [2.05, 4.69) is 40.9 Å². The zero-order chi connectivity index (χ0) is 16.7. The van der Waals surface area contributed by atoms with Gasteiger partial charge in [0.25, 0.3) is 0 Å². The molecule has 2 rings (SSSR count). The Morgan fingerprint density at radius 3 is 2.12 bits per heavy atom. The highest BCUT2D eigenvalue weighted by molar-refractivity contribution is 6.60. The quantitative estimate of drug-likeness (QED) is 0.453. The smallest absolute Gasteiger partial charge is 0.500 e. The largest absolute Gasteiger partial charge is 1.00 e. The van der Waals surface area contributed by atoms with E-state index in [9.17, 15) is 0 Å². The molecule has 1 saturated heterocycles. The van der Waals surface area contributed by atoms with E-state index in [1.165, 1.54) is 31.6 Å².